The average Bonchev–Trinajstić information content (AvgIpc) is 2.81. The molecule has 0 radical (unpaired) electrons. The molecular formula is C13H9FN2O2S2. The van der Waals surface area contributed by atoms with E-state index in [1.807, 2.05) is 0 Å². The number of H-pyrrole nitrogens is 1. The molecule has 0 saturated heterocycles. The van der Waals surface area contributed by atoms with Gasteiger partial charge in [-0.15, -0.1) is 11.3 Å². The molecule has 0 bridgehead atoms. The highest BCUT2D eigenvalue weighted by atomic mass is 32.2. The van der Waals surface area contributed by atoms with E-state index in [9.17, 15) is 14.3 Å². The maximum atomic E-state index is 13.5. The first-order valence-electron chi connectivity index (χ1n) is 5.72. The molecule has 0 spiro atoms. The fourth-order valence-electron chi connectivity index (χ4n) is 1.72. The first-order valence-corrected chi connectivity index (χ1v) is 7.53. The summed E-state index contributed by atoms with van der Waals surface area (Å²) in [7, 11) is 0. The average molecular weight is 308 g/mol. The van der Waals surface area contributed by atoms with Gasteiger partial charge < -0.3 is 10.1 Å². The fourth-order valence-corrected chi connectivity index (χ4v) is 3.72. The van der Waals surface area contributed by atoms with Crippen LogP contribution in [0.5, 0.6) is 5.75 Å². The second-order valence-corrected chi connectivity index (χ2v) is 6.28. The Labute approximate surface area is 121 Å². The van der Waals surface area contributed by atoms with Gasteiger partial charge in [0.05, 0.1) is 0 Å². The van der Waals surface area contributed by atoms with Gasteiger partial charge in [-0.25, -0.2) is 9.37 Å². The van der Waals surface area contributed by atoms with Crippen LogP contribution in [0.3, 0.4) is 0 Å². The predicted molar refractivity (Wildman–Crippen MR) is 77.9 cm³/mol. The third kappa shape index (κ3) is 2.54. The molecule has 2 N–H and O–H groups in total. The normalized spacial score (nSPS) is 11.1. The minimum absolute atomic E-state index is 0.0843. The van der Waals surface area contributed by atoms with Crippen LogP contribution in [-0.4, -0.2) is 15.1 Å². The van der Waals surface area contributed by atoms with E-state index in [1.165, 1.54) is 29.2 Å². The first-order chi connectivity index (χ1) is 9.63. The highest BCUT2D eigenvalue weighted by Gasteiger charge is 2.10. The van der Waals surface area contributed by atoms with Crippen molar-refractivity contribution in [3.05, 3.63) is 52.1 Å². The van der Waals surface area contributed by atoms with Crippen LogP contribution in [0, 0.1) is 5.82 Å². The van der Waals surface area contributed by atoms with E-state index in [-0.39, 0.29) is 11.6 Å². The Balaban J connectivity index is 1.87. The first kappa shape index (κ1) is 13.1. The molecule has 0 saturated carbocycles. The van der Waals surface area contributed by atoms with Crippen LogP contribution < -0.4 is 5.56 Å². The number of thiazole rings is 1. The van der Waals surface area contributed by atoms with E-state index in [4.69, 9.17) is 0 Å². The number of aromatic nitrogens is 2. The maximum absolute atomic E-state index is 13.5. The highest BCUT2D eigenvalue weighted by Crippen LogP contribution is 2.34. The fraction of sp³-hybridized carbons (Fsp3) is 0.0769. The molecule has 20 heavy (non-hydrogen) atoms. The lowest BCUT2D eigenvalue weighted by Gasteiger charge is -1.99. The van der Waals surface area contributed by atoms with Crippen molar-refractivity contribution in [2.75, 3.05) is 0 Å². The highest BCUT2D eigenvalue weighted by molar-refractivity contribution is 8.00. The molecule has 0 aliphatic carbocycles. The number of hydrogen-bond donors (Lipinski definition) is 2. The Kier molecular flexibility index (Phi) is 3.45. The van der Waals surface area contributed by atoms with Gasteiger partial charge in [0.25, 0.3) is 5.56 Å². The van der Waals surface area contributed by atoms with Crippen molar-refractivity contribution < 1.29 is 9.50 Å². The van der Waals surface area contributed by atoms with E-state index in [0.29, 0.717) is 26.0 Å². The number of halogens is 1. The lowest BCUT2D eigenvalue weighted by atomic mass is 10.2. The smallest absolute Gasteiger partial charge is 0.253 e. The summed E-state index contributed by atoms with van der Waals surface area (Å²) in [4.78, 5) is 18.0. The maximum Gasteiger partial charge on any atom is 0.253 e. The van der Waals surface area contributed by atoms with Crippen LogP contribution in [0.25, 0.3) is 10.3 Å². The van der Waals surface area contributed by atoms with Gasteiger partial charge in [0, 0.05) is 11.8 Å². The van der Waals surface area contributed by atoms with E-state index in [2.05, 4.69) is 9.97 Å². The van der Waals surface area contributed by atoms with Crippen molar-refractivity contribution in [1.82, 2.24) is 9.97 Å². The summed E-state index contributed by atoms with van der Waals surface area (Å²) in [6.45, 7) is 0. The van der Waals surface area contributed by atoms with Crippen molar-refractivity contribution in [2.45, 2.75) is 10.1 Å². The Morgan fingerprint density at radius 2 is 2.20 bits per heavy atom. The number of nitrogens with zero attached hydrogens (tertiary/aromatic N) is 1. The number of pyridine rings is 1. The van der Waals surface area contributed by atoms with Crippen molar-refractivity contribution in [1.29, 1.82) is 0 Å². The number of fused-ring (bicyclic) bond motifs is 1. The standard InChI is InChI=1S/C13H9FN2O2S2/c14-8-4-2-1-3-7(8)6-19-13-16-12-11(20-13)9(17)5-10(18)15-12/h1-5H,6H2,(H2,15,17,18). The summed E-state index contributed by atoms with van der Waals surface area (Å²) < 4.78 is 14.7. The van der Waals surface area contributed by atoms with Crippen molar-refractivity contribution in [2.24, 2.45) is 0 Å². The van der Waals surface area contributed by atoms with Crippen LogP contribution in [-0.2, 0) is 5.75 Å². The van der Waals surface area contributed by atoms with Crippen LogP contribution in [0.2, 0.25) is 0 Å². The van der Waals surface area contributed by atoms with Gasteiger partial charge >= 0.3 is 0 Å². The van der Waals surface area contributed by atoms with Gasteiger partial charge in [-0.1, -0.05) is 30.0 Å². The van der Waals surface area contributed by atoms with Crippen LogP contribution in [0.15, 0.2) is 39.5 Å². The SMILES string of the molecule is O=c1cc(O)c2sc(SCc3ccccc3F)nc2[nH]1. The molecule has 3 aromatic rings. The van der Waals surface area contributed by atoms with Gasteiger partial charge in [0.15, 0.2) is 9.99 Å². The zero-order valence-electron chi connectivity index (χ0n) is 10.1. The molecule has 2 aromatic heterocycles. The molecule has 1 aromatic carbocycles. The molecule has 3 rings (SSSR count). The van der Waals surface area contributed by atoms with Gasteiger partial charge in [0.2, 0.25) is 0 Å². The number of benzene rings is 1. The number of aromatic amines is 1. The van der Waals surface area contributed by atoms with Crippen molar-refractivity contribution in [3.63, 3.8) is 0 Å². The Morgan fingerprint density at radius 3 is 3.00 bits per heavy atom. The molecule has 4 nitrogen and oxygen atoms in total. The molecule has 0 atom stereocenters. The summed E-state index contributed by atoms with van der Waals surface area (Å²) >= 11 is 2.63. The largest absolute Gasteiger partial charge is 0.506 e. The molecule has 2 heterocycles. The Bertz CT molecular complexity index is 829. The predicted octanol–water partition coefficient (Wildman–Crippen LogP) is 3.12. The Hall–Kier alpha value is -1.86. The lowest BCUT2D eigenvalue weighted by molar-refractivity contribution is 0.481. The van der Waals surface area contributed by atoms with Gasteiger partial charge in [-0.2, -0.15) is 0 Å². The van der Waals surface area contributed by atoms with Crippen LogP contribution >= 0.6 is 23.1 Å². The topological polar surface area (TPSA) is 66.0 Å². The zero-order valence-corrected chi connectivity index (χ0v) is 11.7. The molecule has 0 unspecified atom stereocenters. The molecule has 0 aliphatic rings. The minimum atomic E-state index is -0.397. The number of rotatable bonds is 3. The van der Waals surface area contributed by atoms with Gasteiger partial charge in [-0.05, 0) is 11.6 Å². The monoisotopic (exact) mass is 308 g/mol. The van der Waals surface area contributed by atoms with Crippen LogP contribution in [0.4, 0.5) is 4.39 Å². The summed E-state index contributed by atoms with van der Waals surface area (Å²) in [6.07, 6.45) is 0. The quantitative estimate of drug-likeness (QED) is 0.730. The third-order valence-corrected chi connectivity index (χ3v) is 4.93. The third-order valence-electron chi connectivity index (χ3n) is 2.66. The Morgan fingerprint density at radius 1 is 1.40 bits per heavy atom. The summed E-state index contributed by atoms with van der Waals surface area (Å²) in [6, 6.07) is 7.67. The van der Waals surface area contributed by atoms with Crippen LogP contribution in [0.1, 0.15) is 5.56 Å². The van der Waals surface area contributed by atoms with E-state index >= 15 is 0 Å². The van der Waals surface area contributed by atoms with E-state index < -0.39 is 5.56 Å². The molecular weight excluding hydrogens is 299 g/mol. The summed E-state index contributed by atoms with van der Waals surface area (Å²) in [5.74, 6) is 0.105. The van der Waals surface area contributed by atoms with E-state index in [0.717, 1.165) is 6.07 Å². The minimum Gasteiger partial charge on any atom is -0.506 e. The molecule has 0 fully saturated rings. The molecule has 0 amide bonds. The number of thioether (sulfide) groups is 1. The second-order valence-electron chi connectivity index (χ2n) is 4.06. The lowest BCUT2D eigenvalue weighted by Crippen LogP contribution is -2.02. The number of nitrogens with one attached hydrogen (secondary N) is 1. The summed E-state index contributed by atoms with van der Waals surface area (Å²) in [5.41, 5.74) is 0.552. The number of hydrogen-bond acceptors (Lipinski definition) is 5. The van der Waals surface area contributed by atoms with Gasteiger partial charge in [0.1, 0.15) is 16.3 Å². The zero-order chi connectivity index (χ0) is 14.1. The van der Waals surface area contributed by atoms with Crippen molar-refractivity contribution in [3.8, 4) is 5.75 Å². The molecule has 102 valence electrons. The van der Waals surface area contributed by atoms with Crippen molar-refractivity contribution >= 4 is 33.4 Å². The molecule has 7 heteroatoms. The summed E-state index contributed by atoms with van der Waals surface area (Å²) in [5, 5.41) is 9.68. The van der Waals surface area contributed by atoms with Gasteiger partial charge in [-0.3, -0.25) is 4.79 Å². The molecule has 0 aliphatic heterocycles. The second kappa shape index (κ2) is 5.26. The number of aromatic hydroxyl groups is 1. The van der Waals surface area contributed by atoms with E-state index in [1.54, 1.807) is 18.2 Å².